The van der Waals surface area contributed by atoms with Crippen molar-refractivity contribution in [3.05, 3.63) is 23.4 Å². The van der Waals surface area contributed by atoms with E-state index in [-0.39, 0.29) is 11.8 Å². The van der Waals surface area contributed by atoms with E-state index in [1.165, 1.54) is 12.8 Å². The second-order valence-electron chi connectivity index (χ2n) is 6.11. The highest BCUT2D eigenvalue weighted by atomic mass is 16.5. The molecule has 2 N–H and O–H groups in total. The van der Waals surface area contributed by atoms with Gasteiger partial charge in [-0.2, -0.15) is 0 Å². The van der Waals surface area contributed by atoms with Crippen LogP contribution in [0.2, 0.25) is 0 Å². The van der Waals surface area contributed by atoms with Gasteiger partial charge in [0.25, 0.3) is 5.91 Å². The third kappa shape index (κ3) is 4.70. The summed E-state index contributed by atoms with van der Waals surface area (Å²) < 4.78 is 5.57. The van der Waals surface area contributed by atoms with Crippen LogP contribution in [0.25, 0.3) is 0 Å². The molecule has 0 aromatic carbocycles. The molecule has 5 heteroatoms. The number of carbonyl (C=O) groups is 1. The summed E-state index contributed by atoms with van der Waals surface area (Å²) in [4.78, 5) is 18.3. The number of hydrogen-bond acceptors (Lipinski definition) is 4. The number of nitrogen functional groups attached to an aromatic ring is 1. The molecule has 0 spiro atoms. The Morgan fingerprint density at radius 2 is 2.19 bits per heavy atom. The molecule has 21 heavy (non-hydrogen) atoms. The van der Waals surface area contributed by atoms with Crippen LogP contribution in [0.5, 0.6) is 0 Å². The number of hydrogen-bond donors (Lipinski definition) is 1. The second kappa shape index (κ2) is 6.89. The van der Waals surface area contributed by atoms with Crippen molar-refractivity contribution in [1.29, 1.82) is 0 Å². The minimum Gasteiger partial charge on any atom is -0.384 e. The zero-order valence-electron chi connectivity index (χ0n) is 13.1. The number of pyridine rings is 1. The van der Waals surface area contributed by atoms with Crippen molar-refractivity contribution < 1.29 is 9.53 Å². The standard InChI is InChI=1S/C16H25N3O2/c1-11(2)14-8-13(9-15(17)18-14)16(20)19(3)6-7-21-10-12-4-5-12/h8-9,11-12H,4-7,10H2,1-3H3,(H2,17,18). The SMILES string of the molecule is CC(C)c1cc(C(=O)N(C)CCOCC2CC2)cc(N)n1. The van der Waals surface area contributed by atoms with E-state index >= 15 is 0 Å². The number of ether oxygens (including phenoxy) is 1. The van der Waals surface area contributed by atoms with Gasteiger partial charge in [0.2, 0.25) is 0 Å². The van der Waals surface area contributed by atoms with Crippen LogP contribution in [0.3, 0.4) is 0 Å². The van der Waals surface area contributed by atoms with Crippen LogP contribution < -0.4 is 5.73 Å². The minimum atomic E-state index is -0.0407. The van der Waals surface area contributed by atoms with Crippen LogP contribution in [0.4, 0.5) is 5.82 Å². The van der Waals surface area contributed by atoms with Crippen LogP contribution in [0.15, 0.2) is 12.1 Å². The summed E-state index contributed by atoms with van der Waals surface area (Å²) >= 11 is 0. The molecule has 1 saturated carbocycles. The third-order valence-electron chi connectivity index (χ3n) is 3.67. The zero-order valence-corrected chi connectivity index (χ0v) is 13.1. The molecule has 1 aromatic heterocycles. The number of aromatic nitrogens is 1. The Balaban J connectivity index is 1.90. The number of amides is 1. The topological polar surface area (TPSA) is 68.5 Å². The predicted octanol–water partition coefficient (Wildman–Crippen LogP) is 2.29. The fourth-order valence-electron chi connectivity index (χ4n) is 2.05. The molecule has 0 atom stereocenters. The quantitative estimate of drug-likeness (QED) is 0.783. The van der Waals surface area contributed by atoms with Gasteiger partial charge in [-0.05, 0) is 36.8 Å². The summed E-state index contributed by atoms with van der Waals surface area (Å²) in [5, 5.41) is 0. The van der Waals surface area contributed by atoms with Crippen molar-refractivity contribution in [3.63, 3.8) is 0 Å². The maximum absolute atomic E-state index is 12.4. The lowest BCUT2D eigenvalue weighted by Crippen LogP contribution is -2.30. The second-order valence-corrected chi connectivity index (χ2v) is 6.11. The first-order valence-corrected chi connectivity index (χ1v) is 7.58. The molecule has 5 nitrogen and oxygen atoms in total. The molecule has 0 bridgehead atoms. The van der Waals surface area contributed by atoms with Crippen molar-refractivity contribution in [1.82, 2.24) is 9.88 Å². The average molecular weight is 291 g/mol. The fraction of sp³-hybridized carbons (Fsp3) is 0.625. The molecule has 0 saturated heterocycles. The first-order valence-electron chi connectivity index (χ1n) is 7.58. The number of carbonyl (C=O) groups excluding carboxylic acids is 1. The third-order valence-corrected chi connectivity index (χ3v) is 3.67. The monoisotopic (exact) mass is 291 g/mol. The van der Waals surface area contributed by atoms with Gasteiger partial charge in [0.15, 0.2) is 0 Å². The Kier molecular flexibility index (Phi) is 5.17. The van der Waals surface area contributed by atoms with Gasteiger partial charge in [0.05, 0.1) is 6.61 Å². The lowest BCUT2D eigenvalue weighted by molar-refractivity contribution is 0.0681. The Morgan fingerprint density at radius 1 is 1.48 bits per heavy atom. The van der Waals surface area contributed by atoms with Crippen molar-refractivity contribution in [2.45, 2.75) is 32.6 Å². The normalized spacial score (nSPS) is 14.5. The van der Waals surface area contributed by atoms with Crippen LogP contribution in [-0.4, -0.2) is 42.6 Å². The summed E-state index contributed by atoms with van der Waals surface area (Å²) in [6, 6.07) is 3.46. The molecular formula is C16H25N3O2. The molecule has 116 valence electrons. The summed E-state index contributed by atoms with van der Waals surface area (Å²) in [5.74, 6) is 1.34. The maximum atomic E-state index is 12.4. The Morgan fingerprint density at radius 3 is 2.81 bits per heavy atom. The van der Waals surface area contributed by atoms with Crippen LogP contribution in [-0.2, 0) is 4.74 Å². The van der Waals surface area contributed by atoms with Crippen molar-refractivity contribution in [2.75, 3.05) is 32.5 Å². The highest BCUT2D eigenvalue weighted by Gasteiger charge is 2.21. The number of nitrogens with zero attached hydrogens (tertiary/aromatic N) is 2. The minimum absolute atomic E-state index is 0.0407. The van der Waals surface area contributed by atoms with E-state index in [1.807, 2.05) is 19.9 Å². The summed E-state index contributed by atoms with van der Waals surface area (Å²) in [5.41, 5.74) is 7.23. The molecule has 1 aromatic rings. The zero-order chi connectivity index (χ0) is 15.4. The van der Waals surface area contributed by atoms with E-state index in [1.54, 1.807) is 18.0 Å². The molecule has 2 rings (SSSR count). The molecule has 0 radical (unpaired) electrons. The highest BCUT2D eigenvalue weighted by molar-refractivity contribution is 5.94. The largest absolute Gasteiger partial charge is 0.384 e. The Bertz CT molecular complexity index is 498. The number of anilines is 1. The summed E-state index contributed by atoms with van der Waals surface area (Å²) in [6.07, 6.45) is 2.56. The van der Waals surface area contributed by atoms with Gasteiger partial charge < -0.3 is 15.4 Å². The van der Waals surface area contributed by atoms with E-state index in [2.05, 4.69) is 4.98 Å². The van der Waals surface area contributed by atoms with E-state index < -0.39 is 0 Å². The van der Waals surface area contributed by atoms with Gasteiger partial charge in [-0.15, -0.1) is 0 Å². The van der Waals surface area contributed by atoms with Crippen LogP contribution in [0, 0.1) is 5.92 Å². The number of likely N-dealkylation sites (N-methyl/N-ethyl adjacent to an activating group) is 1. The summed E-state index contributed by atoms with van der Waals surface area (Å²) in [7, 11) is 1.79. The van der Waals surface area contributed by atoms with E-state index in [4.69, 9.17) is 10.5 Å². The average Bonchev–Trinajstić information content (AvgIpc) is 3.26. The lowest BCUT2D eigenvalue weighted by Gasteiger charge is -2.18. The molecule has 1 aliphatic rings. The van der Waals surface area contributed by atoms with E-state index in [0.29, 0.717) is 24.5 Å². The molecule has 0 unspecified atom stereocenters. The van der Waals surface area contributed by atoms with Gasteiger partial charge in [0, 0.05) is 31.5 Å². The Labute approximate surface area is 126 Å². The van der Waals surface area contributed by atoms with Gasteiger partial charge in [0.1, 0.15) is 5.82 Å². The first kappa shape index (κ1) is 15.8. The van der Waals surface area contributed by atoms with Crippen LogP contribution >= 0.6 is 0 Å². The smallest absolute Gasteiger partial charge is 0.253 e. The van der Waals surface area contributed by atoms with Gasteiger partial charge in [-0.25, -0.2) is 4.98 Å². The van der Waals surface area contributed by atoms with E-state index in [9.17, 15) is 4.79 Å². The molecule has 1 heterocycles. The van der Waals surface area contributed by atoms with Gasteiger partial charge in [-0.3, -0.25) is 4.79 Å². The molecule has 1 aliphatic carbocycles. The molecular weight excluding hydrogens is 266 g/mol. The lowest BCUT2D eigenvalue weighted by atomic mass is 10.1. The summed E-state index contributed by atoms with van der Waals surface area (Å²) in [6.45, 7) is 6.06. The highest BCUT2D eigenvalue weighted by Crippen LogP contribution is 2.28. The molecule has 0 aliphatic heterocycles. The fourth-order valence-corrected chi connectivity index (χ4v) is 2.05. The molecule has 1 amide bonds. The van der Waals surface area contributed by atoms with E-state index in [0.717, 1.165) is 18.2 Å². The van der Waals surface area contributed by atoms with Crippen LogP contribution in [0.1, 0.15) is 48.7 Å². The van der Waals surface area contributed by atoms with Gasteiger partial charge >= 0.3 is 0 Å². The first-order chi connectivity index (χ1) is 9.97. The van der Waals surface area contributed by atoms with Crippen molar-refractivity contribution in [2.24, 2.45) is 5.92 Å². The molecule has 1 fully saturated rings. The van der Waals surface area contributed by atoms with Gasteiger partial charge in [-0.1, -0.05) is 13.8 Å². The number of nitrogens with two attached hydrogens (primary N) is 1. The predicted molar refractivity (Wildman–Crippen MR) is 83.2 cm³/mol. The Hall–Kier alpha value is -1.62. The number of rotatable bonds is 7. The maximum Gasteiger partial charge on any atom is 0.253 e. The van der Waals surface area contributed by atoms with Crippen molar-refractivity contribution in [3.8, 4) is 0 Å². The van der Waals surface area contributed by atoms with Crippen molar-refractivity contribution >= 4 is 11.7 Å².